The van der Waals surface area contributed by atoms with Crippen LogP contribution < -0.4 is 4.74 Å². The molecule has 0 radical (unpaired) electrons. The monoisotopic (exact) mass is 525 g/mol. The number of aliphatic hydroxyl groups excluding tert-OH is 2. The molecule has 2 aromatic carbocycles. The lowest BCUT2D eigenvalue weighted by Gasteiger charge is -2.33. The first-order chi connectivity index (χ1) is 17.7. The van der Waals surface area contributed by atoms with Crippen molar-refractivity contribution in [2.45, 2.75) is 32.5 Å². The Morgan fingerprint density at radius 2 is 1.84 bits per heavy atom. The van der Waals surface area contributed by atoms with Crippen LogP contribution in [0.5, 0.6) is 5.75 Å². The third-order valence-electron chi connectivity index (χ3n) is 6.77. The summed E-state index contributed by atoms with van der Waals surface area (Å²) in [7, 11) is 0. The first-order valence-corrected chi connectivity index (χ1v) is 12.7. The highest BCUT2D eigenvalue weighted by atomic mass is 32.1. The number of alkyl halides is 3. The van der Waals surface area contributed by atoms with E-state index in [1.807, 2.05) is 24.4 Å². The number of rotatable bonds is 7. The van der Waals surface area contributed by atoms with Crippen LogP contribution in [0.4, 0.5) is 13.2 Å². The highest BCUT2D eigenvalue weighted by Crippen LogP contribution is 2.43. The Morgan fingerprint density at radius 1 is 1.08 bits per heavy atom. The molecule has 0 atom stereocenters. The molecule has 2 aliphatic rings. The Bertz CT molecular complexity index is 1400. The zero-order valence-corrected chi connectivity index (χ0v) is 21.0. The third kappa shape index (κ3) is 5.25. The molecule has 4 nitrogen and oxygen atoms in total. The number of hydrogen-bond acceptors (Lipinski definition) is 5. The lowest BCUT2D eigenvalue weighted by Crippen LogP contribution is -2.33. The van der Waals surface area contributed by atoms with Crippen LogP contribution >= 0.6 is 11.3 Å². The van der Waals surface area contributed by atoms with Gasteiger partial charge in [0.15, 0.2) is 5.76 Å². The molecule has 0 spiro atoms. The lowest BCUT2D eigenvalue weighted by molar-refractivity contribution is -0.133. The van der Waals surface area contributed by atoms with Crippen molar-refractivity contribution in [1.29, 1.82) is 0 Å². The zero-order chi connectivity index (χ0) is 26.2. The van der Waals surface area contributed by atoms with Crippen molar-refractivity contribution < 1.29 is 28.1 Å². The maximum Gasteiger partial charge on any atom is 0.426 e. The standard InChI is InChI=1S/C29H26F3NO3S/c1-18-21(13-33-14-22(15-33)27(35)16-34)8-7-20-11-23(9-10-25(18)20)36-17-24-12-26(19-5-3-2-4-6-19)28(37-24)29(30,31)32/h2-6,9-12,14,16,34-35H,7-8,13,15,17H2,1H3/b27-16+. The number of halogens is 3. The number of fused-ring (bicyclic) bond motifs is 1. The van der Waals surface area contributed by atoms with Gasteiger partial charge in [0.1, 0.15) is 23.5 Å². The second-order valence-corrected chi connectivity index (χ2v) is 10.4. The van der Waals surface area contributed by atoms with Gasteiger partial charge in [-0.3, -0.25) is 0 Å². The largest absolute Gasteiger partial charge is 0.512 e. The van der Waals surface area contributed by atoms with Gasteiger partial charge in [0.2, 0.25) is 0 Å². The van der Waals surface area contributed by atoms with E-state index in [2.05, 4.69) is 11.8 Å². The molecule has 0 bridgehead atoms. The summed E-state index contributed by atoms with van der Waals surface area (Å²) in [6.45, 7) is 3.51. The van der Waals surface area contributed by atoms with Crippen molar-refractivity contribution in [3.05, 3.63) is 105 Å². The van der Waals surface area contributed by atoms with Crippen molar-refractivity contribution >= 4 is 16.9 Å². The molecule has 1 aliphatic heterocycles. The van der Waals surface area contributed by atoms with E-state index in [4.69, 9.17) is 9.84 Å². The lowest BCUT2D eigenvalue weighted by atomic mass is 9.85. The predicted octanol–water partition coefficient (Wildman–Crippen LogP) is 7.89. The normalized spacial score (nSPS) is 15.8. The first kappa shape index (κ1) is 25.0. The van der Waals surface area contributed by atoms with Crippen molar-refractivity contribution in [3.63, 3.8) is 0 Å². The van der Waals surface area contributed by atoms with E-state index in [0.717, 1.165) is 41.9 Å². The number of hydrogen-bond donors (Lipinski definition) is 2. The summed E-state index contributed by atoms with van der Waals surface area (Å²) in [4.78, 5) is 2.00. The minimum atomic E-state index is -4.43. The van der Waals surface area contributed by atoms with Gasteiger partial charge in [0, 0.05) is 35.3 Å². The number of nitrogens with zero attached hydrogens (tertiary/aromatic N) is 1. The Kier molecular flexibility index (Phi) is 6.77. The minimum absolute atomic E-state index is 0.0677. The Morgan fingerprint density at radius 3 is 2.54 bits per heavy atom. The molecular formula is C29H26F3NO3S. The summed E-state index contributed by atoms with van der Waals surface area (Å²) < 4.78 is 47.0. The van der Waals surface area contributed by atoms with E-state index < -0.39 is 11.1 Å². The molecule has 37 heavy (non-hydrogen) atoms. The molecule has 192 valence electrons. The van der Waals surface area contributed by atoms with Crippen LogP contribution in [0, 0.1) is 0 Å². The van der Waals surface area contributed by atoms with Crippen molar-refractivity contribution in [2.24, 2.45) is 0 Å². The molecule has 8 heteroatoms. The van der Waals surface area contributed by atoms with Crippen LogP contribution in [0.1, 0.15) is 34.2 Å². The molecule has 2 N–H and O–H groups in total. The van der Waals surface area contributed by atoms with E-state index in [0.29, 0.717) is 34.6 Å². The molecule has 0 unspecified atom stereocenters. The van der Waals surface area contributed by atoms with E-state index in [-0.39, 0.29) is 17.9 Å². The van der Waals surface area contributed by atoms with Crippen molar-refractivity contribution in [2.75, 3.05) is 13.1 Å². The highest BCUT2D eigenvalue weighted by molar-refractivity contribution is 7.12. The number of allylic oxidation sites excluding steroid dienone is 1. The van der Waals surface area contributed by atoms with Crippen molar-refractivity contribution in [3.8, 4) is 16.9 Å². The zero-order valence-electron chi connectivity index (χ0n) is 20.2. The number of aliphatic hydroxyl groups is 2. The molecule has 3 aromatic rings. The number of ether oxygens (including phenoxy) is 1. The van der Waals surface area contributed by atoms with Crippen LogP contribution in [0.15, 0.2) is 84.0 Å². The molecule has 2 heterocycles. The van der Waals surface area contributed by atoms with E-state index in [9.17, 15) is 18.3 Å². The molecule has 1 aliphatic carbocycles. The summed E-state index contributed by atoms with van der Waals surface area (Å²) in [6.07, 6.45) is -0.136. The van der Waals surface area contributed by atoms with Crippen LogP contribution in [0.2, 0.25) is 0 Å². The van der Waals surface area contributed by atoms with E-state index in [1.54, 1.807) is 36.4 Å². The molecule has 0 saturated carbocycles. The summed E-state index contributed by atoms with van der Waals surface area (Å²) in [6, 6.07) is 16.1. The van der Waals surface area contributed by atoms with Crippen LogP contribution in [-0.2, 0) is 19.2 Å². The van der Waals surface area contributed by atoms with E-state index >= 15 is 0 Å². The maximum absolute atomic E-state index is 13.7. The van der Waals surface area contributed by atoms with Gasteiger partial charge in [-0.25, -0.2) is 0 Å². The van der Waals surface area contributed by atoms with Crippen LogP contribution in [-0.4, -0.2) is 28.2 Å². The molecule has 0 amide bonds. The number of thiophene rings is 1. The van der Waals surface area contributed by atoms with Gasteiger partial charge in [0.05, 0.1) is 0 Å². The Labute approximate surface area is 217 Å². The average molecular weight is 526 g/mol. The van der Waals surface area contributed by atoms with Gasteiger partial charge in [-0.15, -0.1) is 11.3 Å². The average Bonchev–Trinajstić information content (AvgIpc) is 3.31. The maximum atomic E-state index is 13.7. The molecule has 1 aromatic heterocycles. The molecule has 0 fully saturated rings. The second-order valence-electron chi connectivity index (χ2n) is 9.23. The van der Waals surface area contributed by atoms with Crippen LogP contribution in [0.3, 0.4) is 0 Å². The summed E-state index contributed by atoms with van der Waals surface area (Å²) in [5.41, 5.74) is 6.26. The third-order valence-corrected chi connectivity index (χ3v) is 7.92. The number of aryl methyl sites for hydroxylation is 1. The summed E-state index contributed by atoms with van der Waals surface area (Å²) >= 11 is 0.727. The van der Waals surface area contributed by atoms with Gasteiger partial charge in [0.25, 0.3) is 0 Å². The summed E-state index contributed by atoms with van der Waals surface area (Å²) in [5, 5.41) is 18.5. The fourth-order valence-electron chi connectivity index (χ4n) is 4.79. The molecule has 0 saturated heterocycles. The van der Waals surface area contributed by atoms with Gasteiger partial charge >= 0.3 is 6.18 Å². The number of benzene rings is 2. The Hall–Kier alpha value is -3.65. The van der Waals surface area contributed by atoms with Crippen LogP contribution in [0.25, 0.3) is 16.7 Å². The van der Waals surface area contributed by atoms with Gasteiger partial charge in [-0.1, -0.05) is 36.4 Å². The summed E-state index contributed by atoms with van der Waals surface area (Å²) in [5.74, 6) is 0.539. The van der Waals surface area contributed by atoms with Crippen molar-refractivity contribution in [1.82, 2.24) is 4.90 Å². The molecule has 5 rings (SSSR count). The fraction of sp³-hybridized carbons (Fsp3) is 0.241. The minimum Gasteiger partial charge on any atom is -0.512 e. The van der Waals surface area contributed by atoms with Gasteiger partial charge < -0.3 is 19.8 Å². The quantitative estimate of drug-likeness (QED) is 0.308. The highest BCUT2D eigenvalue weighted by Gasteiger charge is 2.36. The fourth-order valence-corrected chi connectivity index (χ4v) is 5.75. The van der Waals surface area contributed by atoms with Gasteiger partial charge in [-0.2, -0.15) is 13.2 Å². The first-order valence-electron chi connectivity index (χ1n) is 11.9. The predicted molar refractivity (Wildman–Crippen MR) is 139 cm³/mol. The van der Waals surface area contributed by atoms with Gasteiger partial charge in [-0.05, 0) is 65.8 Å². The van der Waals surface area contributed by atoms with E-state index in [1.165, 1.54) is 11.1 Å². The topological polar surface area (TPSA) is 52.9 Å². The Balaban J connectivity index is 1.29. The smallest absolute Gasteiger partial charge is 0.426 e. The molecular weight excluding hydrogens is 499 g/mol. The second kappa shape index (κ2) is 10.0. The SMILES string of the molecule is CC1=C(CN2C=C(/C(O)=C\O)C2)CCc2cc(OCc3cc(-c4ccccc4)c(C(F)(F)F)s3)ccc21.